The van der Waals surface area contributed by atoms with Gasteiger partial charge in [-0.2, -0.15) is 13.2 Å². The molecule has 1 atom stereocenters. The van der Waals surface area contributed by atoms with E-state index >= 15 is 0 Å². The highest BCUT2D eigenvalue weighted by molar-refractivity contribution is 5.81. The molecular weight excluding hydrogens is 375 g/mol. The Hall–Kier alpha value is -2.85. The third-order valence-corrected chi connectivity index (χ3v) is 4.51. The van der Waals surface area contributed by atoms with Crippen molar-refractivity contribution in [1.82, 2.24) is 19.9 Å². The minimum absolute atomic E-state index is 0.00674. The summed E-state index contributed by atoms with van der Waals surface area (Å²) in [6.07, 6.45) is -2.77. The van der Waals surface area contributed by atoms with E-state index in [1.807, 2.05) is 0 Å². The molecule has 1 aliphatic heterocycles. The molecule has 1 fully saturated rings. The van der Waals surface area contributed by atoms with E-state index < -0.39 is 17.5 Å². The summed E-state index contributed by atoms with van der Waals surface area (Å²) in [4.78, 5) is 0. The Morgan fingerprint density at radius 3 is 2.89 bits per heavy atom. The fraction of sp³-hybridized carbons (Fsp3) is 0.333. The summed E-state index contributed by atoms with van der Waals surface area (Å²) in [5.74, 6) is -0.0262. The SMILES string of the molecule is Oc1cc(C(F)(F)F)ccc1-c1nnc(NC2CNCCOC2)n2cccc12. The molecule has 7 nitrogen and oxygen atoms in total. The maximum absolute atomic E-state index is 12.8. The van der Waals surface area contributed by atoms with E-state index in [2.05, 4.69) is 20.8 Å². The molecule has 0 spiro atoms. The van der Waals surface area contributed by atoms with Gasteiger partial charge in [0.05, 0.1) is 30.3 Å². The van der Waals surface area contributed by atoms with Crippen LogP contribution in [-0.2, 0) is 10.9 Å². The Morgan fingerprint density at radius 2 is 2.11 bits per heavy atom. The fourth-order valence-electron chi connectivity index (χ4n) is 3.13. The van der Waals surface area contributed by atoms with Crippen molar-refractivity contribution in [2.24, 2.45) is 0 Å². The summed E-state index contributed by atoms with van der Waals surface area (Å²) in [7, 11) is 0. The van der Waals surface area contributed by atoms with Gasteiger partial charge in [-0.15, -0.1) is 10.2 Å². The van der Waals surface area contributed by atoms with Crippen molar-refractivity contribution >= 4 is 11.5 Å². The number of rotatable bonds is 3. The number of hydrogen-bond acceptors (Lipinski definition) is 6. The zero-order valence-corrected chi connectivity index (χ0v) is 14.7. The largest absolute Gasteiger partial charge is 0.507 e. The van der Waals surface area contributed by atoms with Crippen LogP contribution in [0.25, 0.3) is 16.8 Å². The molecule has 4 rings (SSSR count). The average molecular weight is 393 g/mol. The van der Waals surface area contributed by atoms with Gasteiger partial charge in [-0.1, -0.05) is 0 Å². The third-order valence-electron chi connectivity index (χ3n) is 4.51. The van der Waals surface area contributed by atoms with E-state index in [0.29, 0.717) is 37.3 Å². The number of nitrogens with one attached hydrogen (secondary N) is 2. The molecule has 0 bridgehead atoms. The van der Waals surface area contributed by atoms with Crippen LogP contribution in [0.3, 0.4) is 0 Å². The van der Waals surface area contributed by atoms with Crippen molar-refractivity contribution in [3.8, 4) is 17.0 Å². The normalized spacial score (nSPS) is 18.2. The van der Waals surface area contributed by atoms with Gasteiger partial charge in [-0.25, -0.2) is 0 Å². The molecule has 1 unspecified atom stereocenters. The smallest absolute Gasteiger partial charge is 0.416 e. The first kappa shape index (κ1) is 18.5. The molecule has 3 heterocycles. The summed E-state index contributed by atoms with van der Waals surface area (Å²) in [6, 6.07) is 6.33. The number of benzene rings is 1. The number of ether oxygens (including phenoxy) is 1. The average Bonchev–Trinajstić information content (AvgIpc) is 3.00. The molecule has 0 radical (unpaired) electrons. The minimum Gasteiger partial charge on any atom is -0.507 e. The van der Waals surface area contributed by atoms with Gasteiger partial charge in [0.1, 0.15) is 11.4 Å². The van der Waals surface area contributed by atoms with Crippen molar-refractivity contribution in [2.75, 3.05) is 31.6 Å². The maximum Gasteiger partial charge on any atom is 0.416 e. The highest BCUT2D eigenvalue weighted by atomic mass is 19.4. The van der Waals surface area contributed by atoms with Crippen molar-refractivity contribution in [3.63, 3.8) is 0 Å². The first-order valence-corrected chi connectivity index (χ1v) is 8.73. The van der Waals surface area contributed by atoms with Crippen LogP contribution >= 0.6 is 0 Å². The Labute approximate surface area is 158 Å². The molecule has 3 aromatic rings. The van der Waals surface area contributed by atoms with E-state index in [4.69, 9.17) is 4.74 Å². The number of phenols is 1. The van der Waals surface area contributed by atoms with E-state index in [1.165, 1.54) is 6.07 Å². The lowest BCUT2D eigenvalue weighted by atomic mass is 10.1. The zero-order valence-electron chi connectivity index (χ0n) is 14.7. The summed E-state index contributed by atoms with van der Waals surface area (Å²) in [6.45, 7) is 2.62. The van der Waals surface area contributed by atoms with Crippen LogP contribution < -0.4 is 10.6 Å². The molecule has 0 amide bonds. The lowest BCUT2D eigenvalue weighted by molar-refractivity contribution is -0.137. The second kappa shape index (κ2) is 7.28. The first-order valence-electron chi connectivity index (χ1n) is 8.73. The van der Waals surface area contributed by atoms with Gasteiger partial charge < -0.3 is 20.5 Å². The summed E-state index contributed by atoms with van der Waals surface area (Å²) >= 11 is 0. The van der Waals surface area contributed by atoms with E-state index in [1.54, 1.807) is 22.7 Å². The highest BCUT2D eigenvalue weighted by Crippen LogP contribution is 2.37. The second-order valence-corrected chi connectivity index (χ2v) is 6.49. The van der Waals surface area contributed by atoms with Crippen LogP contribution in [0.1, 0.15) is 5.56 Å². The number of halogens is 3. The van der Waals surface area contributed by atoms with Crippen LogP contribution in [0.5, 0.6) is 5.75 Å². The minimum atomic E-state index is -4.53. The van der Waals surface area contributed by atoms with Gasteiger partial charge in [0, 0.05) is 24.8 Å². The molecule has 148 valence electrons. The molecule has 1 aromatic carbocycles. The van der Waals surface area contributed by atoms with Gasteiger partial charge >= 0.3 is 6.18 Å². The summed E-state index contributed by atoms with van der Waals surface area (Å²) in [5, 5.41) is 25.0. The van der Waals surface area contributed by atoms with Crippen molar-refractivity contribution in [2.45, 2.75) is 12.2 Å². The predicted octanol–water partition coefficient (Wildman–Crippen LogP) is 2.52. The number of fused-ring (bicyclic) bond motifs is 1. The van der Waals surface area contributed by atoms with Crippen molar-refractivity contribution < 1.29 is 23.0 Å². The molecule has 3 N–H and O–H groups in total. The Bertz CT molecular complexity index is 981. The predicted molar refractivity (Wildman–Crippen MR) is 96.2 cm³/mol. The summed E-state index contributed by atoms with van der Waals surface area (Å²) in [5.41, 5.74) is 0.148. The van der Waals surface area contributed by atoms with Crippen LogP contribution in [-0.4, -0.2) is 52.0 Å². The zero-order chi connectivity index (χ0) is 19.7. The van der Waals surface area contributed by atoms with Gasteiger partial charge in [0.15, 0.2) is 0 Å². The number of aromatic hydroxyl groups is 1. The molecule has 2 aromatic heterocycles. The maximum atomic E-state index is 12.8. The number of alkyl halides is 3. The molecule has 28 heavy (non-hydrogen) atoms. The van der Waals surface area contributed by atoms with E-state index in [-0.39, 0.29) is 17.3 Å². The second-order valence-electron chi connectivity index (χ2n) is 6.49. The Kier molecular flexibility index (Phi) is 4.82. The Morgan fingerprint density at radius 1 is 1.25 bits per heavy atom. The number of anilines is 1. The lowest BCUT2D eigenvalue weighted by Crippen LogP contribution is -2.34. The van der Waals surface area contributed by atoms with Crippen molar-refractivity contribution in [3.05, 3.63) is 42.1 Å². The first-order chi connectivity index (χ1) is 13.4. The molecule has 0 aliphatic carbocycles. The van der Waals surface area contributed by atoms with Crippen LogP contribution in [0, 0.1) is 0 Å². The van der Waals surface area contributed by atoms with E-state index in [0.717, 1.165) is 12.6 Å². The third kappa shape index (κ3) is 3.60. The fourth-order valence-corrected chi connectivity index (χ4v) is 3.13. The quantitative estimate of drug-likeness (QED) is 0.634. The van der Waals surface area contributed by atoms with Crippen LogP contribution in [0.2, 0.25) is 0 Å². The highest BCUT2D eigenvalue weighted by Gasteiger charge is 2.31. The molecule has 0 saturated carbocycles. The standard InChI is InChI=1S/C18H18F3N5O2/c19-18(20,21)11-3-4-13(15(27)8-11)16-14-2-1-6-26(14)17(25-24-16)23-12-9-22-5-7-28-10-12/h1-4,6,8,12,22,27H,5,7,9-10H2,(H,23,25). The topological polar surface area (TPSA) is 83.7 Å². The van der Waals surface area contributed by atoms with E-state index in [9.17, 15) is 18.3 Å². The number of phenolic OH excluding ortho intramolecular Hbond substituents is 1. The monoisotopic (exact) mass is 393 g/mol. The molecule has 10 heteroatoms. The van der Waals surface area contributed by atoms with Crippen LogP contribution in [0.15, 0.2) is 36.5 Å². The molecule has 1 saturated heterocycles. The summed E-state index contributed by atoms with van der Waals surface area (Å²) < 4.78 is 45.8. The van der Waals surface area contributed by atoms with Gasteiger partial charge in [0.25, 0.3) is 0 Å². The van der Waals surface area contributed by atoms with Gasteiger partial charge in [-0.05, 0) is 30.3 Å². The molecule has 1 aliphatic rings. The van der Waals surface area contributed by atoms with Gasteiger partial charge in [0.2, 0.25) is 5.95 Å². The number of nitrogens with zero attached hydrogens (tertiary/aromatic N) is 3. The lowest BCUT2D eigenvalue weighted by Gasteiger charge is -2.18. The molecular formula is C18H18F3N5O2. The number of hydrogen-bond donors (Lipinski definition) is 3. The Balaban J connectivity index is 1.69. The van der Waals surface area contributed by atoms with Crippen molar-refractivity contribution in [1.29, 1.82) is 0 Å². The van der Waals surface area contributed by atoms with Crippen LogP contribution in [0.4, 0.5) is 19.1 Å². The van der Waals surface area contributed by atoms with Gasteiger partial charge in [-0.3, -0.25) is 4.40 Å². The number of aromatic nitrogens is 3.